The number of nitrogens with one attached hydrogen (secondary N) is 2. The number of likely N-dealkylation sites (tertiary alicyclic amines) is 1. The zero-order valence-electron chi connectivity index (χ0n) is 20.1. The summed E-state index contributed by atoms with van der Waals surface area (Å²) in [5, 5.41) is 6.66. The first-order valence-electron chi connectivity index (χ1n) is 13.0. The molecule has 1 unspecified atom stereocenters. The van der Waals surface area contributed by atoms with Gasteiger partial charge in [0.25, 0.3) is 5.91 Å². The molecule has 7 heteroatoms. The van der Waals surface area contributed by atoms with E-state index in [1.54, 1.807) is 11.3 Å². The predicted octanol–water partition coefficient (Wildman–Crippen LogP) is 5.25. The van der Waals surface area contributed by atoms with Crippen LogP contribution in [0.15, 0.2) is 48.7 Å². The number of carbonyl (C=O) groups excluding carboxylic acids is 1. The van der Waals surface area contributed by atoms with Crippen LogP contribution in [0.3, 0.4) is 0 Å². The van der Waals surface area contributed by atoms with E-state index in [-0.39, 0.29) is 5.91 Å². The molecule has 4 heterocycles. The van der Waals surface area contributed by atoms with Gasteiger partial charge < -0.3 is 15.5 Å². The third-order valence-electron chi connectivity index (χ3n) is 7.41. The van der Waals surface area contributed by atoms with Crippen molar-refractivity contribution in [2.24, 2.45) is 0 Å². The van der Waals surface area contributed by atoms with Gasteiger partial charge in [0.1, 0.15) is 0 Å². The second-order valence-electron chi connectivity index (χ2n) is 9.85. The summed E-state index contributed by atoms with van der Waals surface area (Å²) in [7, 11) is 0. The highest BCUT2D eigenvalue weighted by molar-refractivity contribution is 7.23. The van der Waals surface area contributed by atoms with Crippen LogP contribution in [0.4, 0.5) is 0 Å². The molecule has 6 rings (SSSR count). The Morgan fingerprint density at radius 1 is 1.09 bits per heavy atom. The Hall–Kier alpha value is -2.74. The van der Waals surface area contributed by atoms with E-state index < -0.39 is 0 Å². The second kappa shape index (κ2) is 10.1. The van der Waals surface area contributed by atoms with Crippen molar-refractivity contribution < 1.29 is 4.79 Å². The van der Waals surface area contributed by atoms with Crippen molar-refractivity contribution in [2.45, 2.75) is 44.6 Å². The van der Waals surface area contributed by atoms with Gasteiger partial charge in [0.15, 0.2) is 4.96 Å². The first-order valence-corrected chi connectivity index (χ1v) is 13.8. The lowest BCUT2D eigenvalue weighted by atomic mass is 10.0. The number of amides is 1. The highest BCUT2D eigenvalue weighted by atomic mass is 32.1. The minimum absolute atomic E-state index is 0.00844. The average Bonchev–Trinajstić information content (AvgIpc) is 3.64. The molecular formula is C28H33N5OS. The minimum atomic E-state index is 0.00844. The maximum absolute atomic E-state index is 12.7. The van der Waals surface area contributed by atoms with Crippen LogP contribution >= 0.6 is 11.3 Å². The van der Waals surface area contributed by atoms with Crippen molar-refractivity contribution in [3.05, 3.63) is 59.8 Å². The van der Waals surface area contributed by atoms with Crippen LogP contribution in [0, 0.1) is 0 Å². The second-order valence-corrected chi connectivity index (χ2v) is 10.9. The van der Waals surface area contributed by atoms with Gasteiger partial charge in [0, 0.05) is 29.9 Å². The normalized spacial score (nSPS) is 19.0. The summed E-state index contributed by atoms with van der Waals surface area (Å²) in [4.78, 5) is 21.1. The summed E-state index contributed by atoms with van der Waals surface area (Å²) in [5.41, 5.74) is 5.29. The van der Waals surface area contributed by atoms with Crippen LogP contribution in [0.1, 0.15) is 60.5 Å². The maximum Gasteiger partial charge on any atom is 0.251 e. The number of hydrogen-bond acceptors (Lipinski definition) is 5. The van der Waals surface area contributed by atoms with Gasteiger partial charge in [-0.1, -0.05) is 42.0 Å². The summed E-state index contributed by atoms with van der Waals surface area (Å²) in [6.45, 7) is 5.31. The smallest absolute Gasteiger partial charge is 0.251 e. The SMILES string of the molecule is O=C(NCCCN1CCCCC1)c1ccc2c(c1)sc1nc(-c3ccc(C4CCCN4)cc3)cn12. The van der Waals surface area contributed by atoms with E-state index in [1.165, 1.54) is 50.8 Å². The van der Waals surface area contributed by atoms with Crippen molar-refractivity contribution in [3.8, 4) is 11.3 Å². The molecule has 2 fully saturated rings. The molecule has 2 aromatic heterocycles. The highest BCUT2D eigenvalue weighted by Crippen LogP contribution is 2.31. The van der Waals surface area contributed by atoms with E-state index >= 15 is 0 Å². The van der Waals surface area contributed by atoms with Gasteiger partial charge in [-0.3, -0.25) is 9.20 Å². The Balaban J connectivity index is 1.12. The number of imidazole rings is 1. The van der Waals surface area contributed by atoms with E-state index in [0.29, 0.717) is 6.04 Å². The molecule has 0 aliphatic carbocycles. The van der Waals surface area contributed by atoms with E-state index in [9.17, 15) is 4.79 Å². The van der Waals surface area contributed by atoms with Gasteiger partial charge in [-0.05, 0) is 82.0 Å². The molecule has 182 valence electrons. The summed E-state index contributed by atoms with van der Waals surface area (Å²) < 4.78 is 3.23. The molecule has 2 N–H and O–H groups in total. The molecule has 2 saturated heterocycles. The minimum Gasteiger partial charge on any atom is -0.352 e. The molecule has 6 nitrogen and oxygen atoms in total. The van der Waals surface area contributed by atoms with Crippen LogP contribution in [0.5, 0.6) is 0 Å². The van der Waals surface area contributed by atoms with E-state index in [2.05, 4.69) is 50.4 Å². The van der Waals surface area contributed by atoms with Crippen LogP contribution in [0.2, 0.25) is 0 Å². The highest BCUT2D eigenvalue weighted by Gasteiger charge is 2.17. The maximum atomic E-state index is 12.7. The Labute approximate surface area is 210 Å². The van der Waals surface area contributed by atoms with Gasteiger partial charge >= 0.3 is 0 Å². The van der Waals surface area contributed by atoms with Gasteiger partial charge in [0.2, 0.25) is 0 Å². The van der Waals surface area contributed by atoms with Gasteiger partial charge in [-0.15, -0.1) is 0 Å². The van der Waals surface area contributed by atoms with Crippen molar-refractivity contribution in [2.75, 3.05) is 32.7 Å². The third-order valence-corrected chi connectivity index (χ3v) is 8.43. The molecular weight excluding hydrogens is 454 g/mol. The first-order chi connectivity index (χ1) is 17.2. The number of carbonyl (C=O) groups is 1. The average molecular weight is 488 g/mol. The third kappa shape index (κ3) is 4.85. The molecule has 1 amide bonds. The van der Waals surface area contributed by atoms with Crippen LogP contribution in [-0.2, 0) is 0 Å². The summed E-state index contributed by atoms with van der Waals surface area (Å²) in [6.07, 6.45) is 9.54. The number of fused-ring (bicyclic) bond motifs is 3. The molecule has 2 aliphatic heterocycles. The molecule has 2 aliphatic rings. The lowest BCUT2D eigenvalue weighted by Crippen LogP contribution is -2.33. The molecule has 0 spiro atoms. The summed E-state index contributed by atoms with van der Waals surface area (Å²) in [6, 6.07) is 15.3. The monoisotopic (exact) mass is 487 g/mol. The molecule has 0 saturated carbocycles. The number of aromatic nitrogens is 2. The number of rotatable bonds is 7. The van der Waals surface area contributed by atoms with Crippen molar-refractivity contribution >= 4 is 32.4 Å². The van der Waals surface area contributed by atoms with Crippen molar-refractivity contribution in [1.29, 1.82) is 0 Å². The van der Waals surface area contributed by atoms with Crippen molar-refractivity contribution in [1.82, 2.24) is 24.9 Å². The Morgan fingerprint density at radius 2 is 1.94 bits per heavy atom. The zero-order valence-corrected chi connectivity index (χ0v) is 20.9. The van der Waals surface area contributed by atoms with E-state index in [1.807, 2.05) is 18.2 Å². The number of piperidine rings is 1. The van der Waals surface area contributed by atoms with Crippen LogP contribution in [0.25, 0.3) is 26.4 Å². The molecule has 4 aromatic rings. The fourth-order valence-electron chi connectivity index (χ4n) is 5.43. The molecule has 0 bridgehead atoms. The van der Waals surface area contributed by atoms with E-state index in [4.69, 9.17) is 4.98 Å². The number of hydrogen-bond donors (Lipinski definition) is 2. The largest absolute Gasteiger partial charge is 0.352 e. The topological polar surface area (TPSA) is 61.7 Å². The van der Waals surface area contributed by atoms with Crippen molar-refractivity contribution in [3.63, 3.8) is 0 Å². The van der Waals surface area contributed by atoms with Crippen LogP contribution < -0.4 is 10.6 Å². The molecule has 2 aromatic carbocycles. The van der Waals surface area contributed by atoms with Gasteiger partial charge in [-0.2, -0.15) is 0 Å². The van der Waals surface area contributed by atoms with Crippen LogP contribution in [-0.4, -0.2) is 52.9 Å². The zero-order chi connectivity index (χ0) is 23.6. The fourth-order valence-corrected chi connectivity index (χ4v) is 6.47. The number of benzene rings is 2. The van der Waals surface area contributed by atoms with Gasteiger partial charge in [-0.25, -0.2) is 4.98 Å². The molecule has 35 heavy (non-hydrogen) atoms. The first kappa shape index (κ1) is 22.7. The Morgan fingerprint density at radius 3 is 2.74 bits per heavy atom. The number of nitrogens with zero attached hydrogens (tertiary/aromatic N) is 3. The fraction of sp³-hybridized carbons (Fsp3) is 0.429. The van der Waals surface area contributed by atoms with E-state index in [0.717, 1.165) is 58.1 Å². The number of thiazole rings is 1. The standard InChI is InChI=1S/C28H33N5OS/c34-27(30-14-5-17-32-15-2-1-3-16-32)22-11-12-25-26(18-22)35-28-31-24(19-33(25)28)21-9-7-20(8-10-21)23-6-4-13-29-23/h7-12,18-19,23,29H,1-6,13-17H2,(H,30,34). The molecule has 1 atom stereocenters. The Bertz CT molecular complexity index is 1310. The van der Waals surface area contributed by atoms with Gasteiger partial charge in [0.05, 0.1) is 15.9 Å². The lowest BCUT2D eigenvalue weighted by Gasteiger charge is -2.26. The lowest BCUT2D eigenvalue weighted by molar-refractivity contribution is 0.0951. The Kier molecular flexibility index (Phi) is 6.55. The molecule has 0 radical (unpaired) electrons. The predicted molar refractivity (Wildman–Crippen MR) is 143 cm³/mol. The summed E-state index contributed by atoms with van der Waals surface area (Å²) >= 11 is 1.63. The summed E-state index contributed by atoms with van der Waals surface area (Å²) in [5.74, 6) is 0.00844. The quantitative estimate of drug-likeness (QED) is 0.350.